The maximum atomic E-state index is 6.00. The molecule has 3 aromatic rings. The summed E-state index contributed by atoms with van der Waals surface area (Å²) in [6.07, 6.45) is 6.71. The molecule has 0 aliphatic heterocycles. The van der Waals surface area contributed by atoms with Crippen LogP contribution in [-0.2, 0) is 19.7 Å². The zero-order valence-electron chi connectivity index (χ0n) is 17.1. The van der Waals surface area contributed by atoms with Gasteiger partial charge in [-0.15, -0.1) is 12.4 Å². The van der Waals surface area contributed by atoms with Gasteiger partial charge in [0.1, 0.15) is 6.61 Å². The molecule has 2 aromatic carbocycles. The van der Waals surface area contributed by atoms with Gasteiger partial charge in [-0.25, -0.2) is 4.98 Å². The quantitative estimate of drug-likeness (QED) is 0.458. The van der Waals surface area contributed by atoms with Gasteiger partial charge < -0.3 is 19.4 Å². The molecule has 0 saturated carbocycles. The van der Waals surface area contributed by atoms with E-state index < -0.39 is 0 Å². The molecule has 156 valence electrons. The Morgan fingerprint density at radius 2 is 1.79 bits per heavy atom. The minimum atomic E-state index is 0. The first kappa shape index (κ1) is 22.8. The number of hydrogen-bond donors (Lipinski definition) is 1. The fraction of sp³-hybridized carbons (Fsp3) is 0.348. The molecule has 0 atom stereocenters. The fourth-order valence-corrected chi connectivity index (χ4v) is 2.93. The van der Waals surface area contributed by atoms with Crippen LogP contribution in [0, 0.1) is 6.92 Å². The SMILES string of the molecule is CCOc1cc(CNCCCn2ccnc2)ccc1OCc1ccc(C)cc1.Cl. The lowest BCUT2D eigenvalue weighted by Crippen LogP contribution is -2.16. The van der Waals surface area contributed by atoms with Gasteiger partial charge in [-0.1, -0.05) is 35.9 Å². The van der Waals surface area contributed by atoms with Crippen LogP contribution < -0.4 is 14.8 Å². The molecular weight excluding hydrogens is 386 g/mol. The predicted molar refractivity (Wildman–Crippen MR) is 119 cm³/mol. The van der Waals surface area contributed by atoms with Gasteiger partial charge in [0.25, 0.3) is 0 Å². The summed E-state index contributed by atoms with van der Waals surface area (Å²) in [6.45, 7) is 7.96. The maximum absolute atomic E-state index is 6.00. The lowest BCUT2D eigenvalue weighted by Gasteiger charge is -2.14. The van der Waals surface area contributed by atoms with Gasteiger partial charge in [0.2, 0.25) is 0 Å². The topological polar surface area (TPSA) is 48.3 Å². The molecule has 0 radical (unpaired) electrons. The van der Waals surface area contributed by atoms with Crippen molar-refractivity contribution in [1.82, 2.24) is 14.9 Å². The van der Waals surface area contributed by atoms with E-state index in [1.54, 1.807) is 0 Å². The van der Waals surface area contributed by atoms with Crippen molar-refractivity contribution in [3.8, 4) is 11.5 Å². The van der Waals surface area contributed by atoms with Crippen LogP contribution in [0.15, 0.2) is 61.2 Å². The van der Waals surface area contributed by atoms with Crippen LogP contribution >= 0.6 is 12.4 Å². The Balaban J connectivity index is 0.00000300. The second-order valence-electron chi connectivity index (χ2n) is 6.82. The van der Waals surface area contributed by atoms with Crippen molar-refractivity contribution in [1.29, 1.82) is 0 Å². The van der Waals surface area contributed by atoms with Crippen LogP contribution in [0.2, 0.25) is 0 Å². The van der Waals surface area contributed by atoms with Gasteiger partial charge in [-0.05, 0) is 50.1 Å². The molecule has 1 heterocycles. The van der Waals surface area contributed by atoms with E-state index >= 15 is 0 Å². The van der Waals surface area contributed by atoms with Gasteiger partial charge in [0, 0.05) is 25.5 Å². The Morgan fingerprint density at radius 3 is 2.52 bits per heavy atom. The molecule has 0 fully saturated rings. The van der Waals surface area contributed by atoms with Crippen LogP contribution in [0.4, 0.5) is 0 Å². The zero-order valence-corrected chi connectivity index (χ0v) is 18.0. The van der Waals surface area contributed by atoms with Crippen molar-refractivity contribution in [2.24, 2.45) is 0 Å². The third-order valence-corrected chi connectivity index (χ3v) is 4.48. The smallest absolute Gasteiger partial charge is 0.161 e. The van der Waals surface area contributed by atoms with Crippen molar-refractivity contribution >= 4 is 12.4 Å². The Hall–Kier alpha value is -2.50. The first-order valence-electron chi connectivity index (χ1n) is 9.85. The molecular formula is C23H30ClN3O2. The summed E-state index contributed by atoms with van der Waals surface area (Å²) in [5, 5.41) is 3.49. The summed E-state index contributed by atoms with van der Waals surface area (Å²) < 4.78 is 13.9. The summed E-state index contributed by atoms with van der Waals surface area (Å²) in [5.74, 6) is 1.58. The number of halogens is 1. The number of nitrogens with one attached hydrogen (secondary N) is 1. The minimum Gasteiger partial charge on any atom is -0.490 e. The van der Waals surface area contributed by atoms with Gasteiger partial charge in [-0.3, -0.25) is 0 Å². The Labute approximate surface area is 179 Å². The Morgan fingerprint density at radius 1 is 1.00 bits per heavy atom. The number of benzene rings is 2. The summed E-state index contributed by atoms with van der Waals surface area (Å²) in [5.41, 5.74) is 3.59. The predicted octanol–water partition coefficient (Wildman–Crippen LogP) is 4.77. The van der Waals surface area contributed by atoms with Crippen LogP contribution in [0.5, 0.6) is 11.5 Å². The van der Waals surface area contributed by atoms with E-state index in [4.69, 9.17) is 9.47 Å². The molecule has 0 amide bonds. The molecule has 29 heavy (non-hydrogen) atoms. The number of imidazole rings is 1. The molecule has 0 unspecified atom stereocenters. The first-order valence-corrected chi connectivity index (χ1v) is 9.85. The van der Waals surface area contributed by atoms with Crippen molar-refractivity contribution in [3.05, 3.63) is 77.9 Å². The van der Waals surface area contributed by atoms with E-state index in [0.29, 0.717) is 13.2 Å². The fourth-order valence-electron chi connectivity index (χ4n) is 2.93. The molecule has 5 nitrogen and oxygen atoms in total. The Bertz CT molecular complexity index is 836. The van der Waals surface area contributed by atoms with E-state index in [0.717, 1.165) is 43.1 Å². The van der Waals surface area contributed by atoms with Crippen molar-refractivity contribution in [2.45, 2.75) is 40.0 Å². The summed E-state index contributed by atoms with van der Waals surface area (Å²) in [7, 11) is 0. The molecule has 0 aliphatic carbocycles. The molecule has 0 spiro atoms. The van der Waals surface area contributed by atoms with E-state index in [9.17, 15) is 0 Å². The summed E-state index contributed by atoms with van der Waals surface area (Å²) in [6, 6.07) is 14.6. The first-order chi connectivity index (χ1) is 13.7. The normalized spacial score (nSPS) is 10.4. The van der Waals surface area contributed by atoms with Gasteiger partial charge in [-0.2, -0.15) is 0 Å². The highest BCUT2D eigenvalue weighted by atomic mass is 35.5. The lowest BCUT2D eigenvalue weighted by molar-refractivity contribution is 0.269. The van der Waals surface area contributed by atoms with E-state index in [2.05, 4.69) is 58.2 Å². The minimum absolute atomic E-state index is 0. The molecule has 6 heteroatoms. The highest BCUT2D eigenvalue weighted by molar-refractivity contribution is 5.85. The van der Waals surface area contributed by atoms with Crippen LogP contribution in [-0.4, -0.2) is 22.7 Å². The number of nitrogens with zero attached hydrogens (tertiary/aromatic N) is 2. The number of hydrogen-bond acceptors (Lipinski definition) is 4. The third kappa shape index (κ3) is 7.44. The summed E-state index contributed by atoms with van der Waals surface area (Å²) >= 11 is 0. The van der Waals surface area contributed by atoms with Gasteiger partial charge in [0.15, 0.2) is 11.5 Å². The number of rotatable bonds is 11. The number of aromatic nitrogens is 2. The highest BCUT2D eigenvalue weighted by Gasteiger charge is 2.07. The molecule has 0 bridgehead atoms. The molecule has 0 aliphatic rings. The highest BCUT2D eigenvalue weighted by Crippen LogP contribution is 2.29. The second kappa shape index (κ2) is 12.1. The maximum Gasteiger partial charge on any atom is 0.161 e. The molecule has 1 aromatic heterocycles. The van der Waals surface area contributed by atoms with Gasteiger partial charge >= 0.3 is 0 Å². The average molecular weight is 416 g/mol. The van der Waals surface area contributed by atoms with Crippen molar-refractivity contribution in [2.75, 3.05) is 13.2 Å². The average Bonchev–Trinajstić information content (AvgIpc) is 3.22. The summed E-state index contributed by atoms with van der Waals surface area (Å²) in [4.78, 5) is 4.06. The molecule has 3 rings (SSSR count). The lowest BCUT2D eigenvalue weighted by atomic mass is 10.1. The monoisotopic (exact) mass is 415 g/mol. The molecule has 0 saturated heterocycles. The molecule has 1 N–H and O–H groups in total. The van der Waals surface area contributed by atoms with Crippen LogP contribution in [0.25, 0.3) is 0 Å². The van der Waals surface area contributed by atoms with E-state index in [-0.39, 0.29) is 12.4 Å². The number of ether oxygens (including phenoxy) is 2. The van der Waals surface area contributed by atoms with Crippen LogP contribution in [0.1, 0.15) is 30.0 Å². The van der Waals surface area contributed by atoms with Crippen molar-refractivity contribution < 1.29 is 9.47 Å². The number of aryl methyl sites for hydroxylation is 2. The zero-order chi connectivity index (χ0) is 19.6. The van der Waals surface area contributed by atoms with E-state index in [1.165, 1.54) is 11.1 Å². The van der Waals surface area contributed by atoms with E-state index in [1.807, 2.05) is 31.7 Å². The largest absolute Gasteiger partial charge is 0.490 e. The second-order valence-corrected chi connectivity index (χ2v) is 6.82. The standard InChI is InChI=1S/C23H29N3O2.ClH/c1-3-27-23-15-21(16-24-11-4-13-26-14-12-25-18-26)9-10-22(23)28-17-20-7-5-19(2)6-8-20;/h5-10,12,14-15,18,24H,3-4,11,13,16-17H2,1-2H3;1H. The Kier molecular flexibility index (Phi) is 9.54. The van der Waals surface area contributed by atoms with Crippen molar-refractivity contribution in [3.63, 3.8) is 0 Å². The van der Waals surface area contributed by atoms with Crippen LogP contribution in [0.3, 0.4) is 0 Å². The van der Waals surface area contributed by atoms with Gasteiger partial charge in [0.05, 0.1) is 12.9 Å². The third-order valence-electron chi connectivity index (χ3n) is 4.48.